The van der Waals surface area contributed by atoms with E-state index in [2.05, 4.69) is 25.8 Å². The maximum atomic E-state index is 11.0. The lowest BCUT2D eigenvalue weighted by Crippen LogP contribution is -2.96. The van der Waals surface area contributed by atoms with Crippen LogP contribution in [0.1, 0.15) is 5.56 Å². The number of anilines is 5. The van der Waals surface area contributed by atoms with Gasteiger partial charge in [-0.1, -0.05) is 18.2 Å². The number of quaternary nitrogens is 1. The number of nitrogens with zero attached hydrogens (tertiary/aromatic N) is 3. The third-order valence-electron chi connectivity index (χ3n) is 4.79. The number of aromatic nitrogens is 1. The maximum Gasteiger partial charge on any atom is 0.156 e. The SMILES string of the molecule is Cc1c(N)c(Nc2ccccc2)nc(NCCOCCO)c1N=Nc1ccc([NH+]([O-])[O-])cc1N. The molecule has 0 atom stereocenters. The second-order valence-electron chi connectivity index (χ2n) is 7.21. The molecule has 12 nitrogen and oxygen atoms in total. The fourth-order valence-electron chi connectivity index (χ4n) is 2.99. The lowest BCUT2D eigenvalue weighted by molar-refractivity contribution is -0.715. The molecular formula is C22H27N8O4-. The predicted octanol–water partition coefficient (Wildman–Crippen LogP) is 2.65. The van der Waals surface area contributed by atoms with Gasteiger partial charge in [0.15, 0.2) is 11.6 Å². The zero-order valence-corrected chi connectivity index (χ0v) is 18.6. The number of nitrogen functional groups attached to an aromatic ring is 2. The van der Waals surface area contributed by atoms with E-state index in [4.69, 9.17) is 21.3 Å². The second-order valence-corrected chi connectivity index (χ2v) is 7.21. The Morgan fingerprint density at radius 2 is 1.82 bits per heavy atom. The molecule has 0 saturated carbocycles. The number of azo groups is 1. The van der Waals surface area contributed by atoms with Crippen molar-refractivity contribution < 1.29 is 15.1 Å². The summed E-state index contributed by atoms with van der Waals surface area (Å²) in [5.41, 5.74) is 14.8. The summed E-state index contributed by atoms with van der Waals surface area (Å²) in [6.07, 6.45) is 0. The molecule has 0 fully saturated rings. The Kier molecular flexibility index (Phi) is 8.67. The number of nitrogens with one attached hydrogen (secondary N) is 3. The number of aliphatic hydroxyl groups excluding tert-OH is 1. The van der Waals surface area contributed by atoms with Gasteiger partial charge in [-0.05, 0) is 25.1 Å². The van der Waals surface area contributed by atoms with Crippen molar-refractivity contribution in [2.45, 2.75) is 6.92 Å². The van der Waals surface area contributed by atoms with Gasteiger partial charge in [0.2, 0.25) is 0 Å². The third kappa shape index (κ3) is 6.37. The van der Waals surface area contributed by atoms with E-state index < -0.39 is 5.23 Å². The minimum atomic E-state index is -1.33. The Bertz CT molecular complexity index is 1130. The van der Waals surface area contributed by atoms with Crippen LogP contribution in [0.3, 0.4) is 0 Å². The Hall–Kier alpha value is -3.81. The van der Waals surface area contributed by atoms with Gasteiger partial charge in [-0.15, -0.1) is 10.2 Å². The second kappa shape index (κ2) is 11.9. The summed E-state index contributed by atoms with van der Waals surface area (Å²) in [4.78, 5) is 4.60. The summed E-state index contributed by atoms with van der Waals surface area (Å²) in [5, 5.41) is 44.4. The van der Waals surface area contributed by atoms with E-state index in [9.17, 15) is 10.4 Å². The number of pyridine rings is 1. The van der Waals surface area contributed by atoms with Crippen LogP contribution in [-0.4, -0.2) is 36.5 Å². The average Bonchev–Trinajstić information content (AvgIpc) is 2.83. The first kappa shape index (κ1) is 24.8. The average molecular weight is 468 g/mol. The first-order valence-corrected chi connectivity index (χ1v) is 10.5. The molecule has 8 N–H and O–H groups in total. The molecule has 0 aliphatic rings. The number of ether oxygens (including phenoxy) is 1. The molecule has 12 heteroatoms. The largest absolute Gasteiger partial charge is 0.628 e. The van der Waals surface area contributed by atoms with Crippen molar-refractivity contribution in [3.63, 3.8) is 0 Å². The minimum absolute atomic E-state index is 0.0554. The zero-order valence-electron chi connectivity index (χ0n) is 18.6. The number of para-hydroxylation sites is 1. The lowest BCUT2D eigenvalue weighted by atomic mass is 10.2. The van der Waals surface area contributed by atoms with E-state index in [-0.39, 0.29) is 30.3 Å². The summed E-state index contributed by atoms with van der Waals surface area (Å²) in [7, 11) is 0. The lowest BCUT2D eigenvalue weighted by Gasteiger charge is -2.24. The molecule has 1 heterocycles. The topological polar surface area (TPSA) is 194 Å². The molecular weight excluding hydrogens is 440 g/mol. The van der Waals surface area contributed by atoms with Crippen molar-refractivity contribution in [3.8, 4) is 0 Å². The van der Waals surface area contributed by atoms with Gasteiger partial charge in [0, 0.05) is 29.9 Å². The maximum absolute atomic E-state index is 11.0. The highest BCUT2D eigenvalue weighted by Crippen LogP contribution is 2.38. The highest BCUT2D eigenvalue weighted by atomic mass is 16.8. The molecule has 0 bridgehead atoms. The number of hydrogen-bond donors (Lipinski definition) is 6. The van der Waals surface area contributed by atoms with Gasteiger partial charge in [0.25, 0.3) is 0 Å². The van der Waals surface area contributed by atoms with Crippen LogP contribution in [0.15, 0.2) is 58.8 Å². The van der Waals surface area contributed by atoms with Crippen molar-refractivity contribution in [3.05, 3.63) is 64.5 Å². The number of aliphatic hydroxyl groups is 1. The number of benzene rings is 2. The summed E-state index contributed by atoms with van der Waals surface area (Å²) < 4.78 is 5.30. The van der Waals surface area contributed by atoms with Gasteiger partial charge < -0.3 is 47.6 Å². The van der Waals surface area contributed by atoms with Crippen LogP contribution in [0.5, 0.6) is 0 Å². The smallest absolute Gasteiger partial charge is 0.156 e. The fraction of sp³-hybridized carbons (Fsp3) is 0.227. The van der Waals surface area contributed by atoms with E-state index >= 15 is 0 Å². The molecule has 1 aromatic heterocycles. The Balaban J connectivity index is 1.93. The molecule has 0 saturated heterocycles. The van der Waals surface area contributed by atoms with E-state index in [1.807, 2.05) is 30.3 Å². The van der Waals surface area contributed by atoms with E-state index in [1.165, 1.54) is 18.2 Å². The van der Waals surface area contributed by atoms with Crippen molar-refractivity contribution in [2.75, 3.05) is 48.5 Å². The van der Waals surface area contributed by atoms with Gasteiger partial charge >= 0.3 is 0 Å². The van der Waals surface area contributed by atoms with Crippen LogP contribution in [0.4, 0.5) is 45.8 Å². The van der Waals surface area contributed by atoms with Gasteiger partial charge in [0.1, 0.15) is 17.1 Å². The third-order valence-corrected chi connectivity index (χ3v) is 4.79. The van der Waals surface area contributed by atoms with E-state index in [1.54, 1.807) is 6.92 Å². The van der Waals surface area contributed by atoms with Gasteiger partial charge in [-0.25, -0.2) is 4.98 Å². The normalized spacial score (nSPS) is 11.3. The number of nitrogens with two attached hydrogens (primary N) is 2. The molecule has 180 valence electrons. The molecule has 0 unspecified atom stereocenters. The van der Waals surface area contributed by atoms with Crippen LogP contribution in [0.25, 0.3) is 0 Å². The van der Waals surface area contributed by atoms with Crippen molar-refractivity contribution in [1.29, 1.82) is 0 Å². The summed E-state index contributed by atoms with van der Waals surface area (Å²) in [6.45, 7) is 2.68. The molecule has 0 amide bonds. The molecule has 3 rings (SSSR count). The monoisotopic (exact) mass is 467 g/mol. The Labute approximate surface area is 196 Å². The summed E-state index contributed by atoms with van der Waals surface area (Å²) >= 11 is 0. The zero-order chi connectivity index (χ0) is 24.5. The van der Waals surface area contributed by atoms with Crippen LogP contribution >= 0.6 is 0 Å². The van der Waals surface area contributed by atoms with Crippen LogP contribution in [0, 0.1) is 17.3 Å². The molecule has 0 aliphatic carbocycles. The number of hydrogen-bond acceptors (Lipinski definition) is 11. The fourth-order valence-corrected chi connectivity index (χ4v) is 2.99. The van der Waals surface area contributed by atoms with Crippen LogP contribution in [0.2, 0.25) is 0 Å². The van der Waals surface area contributed by atoms with Crippen molar-refractivity contribution in [1.82, 2.24) is 4.98 Å². The van der Waals surface area contributed by atoms with Gasteiger partial charge in [-0.3, -0.25) is 0 Å². The minimum Gasteiger partial charge on any atom is -0.628 e. The van der Waals surface area contributed by atoms with Crippen LogP contribution in [-0.2, 0) is 4.74 Å². The first-order chi connectivity index (χ1) is 16.4. The van der Waals surface area contributed by atoms with E-state index in [0.29, 0.717) is 41.7 Å². The summed E-state index contributed by atoms with van der Waals surface area (Å²) in [6, 6.07) is 13.5. The standard InChI is InChI=1S/C22H27N8O4/c1-14-19(24)21(26-15-5-3-2-4-6-15)27-22(25-9-11-34-12-10-31)20(14)29-28-18-8-7-16(30(32)33)13-17(18)23/h2-8,13,30-31H,9-12,23-24H2,1H3,(H2,25,26,27)/q-1. The first-order valence-electron chi connectivity index (χ1n) is 10.5. The van der Waals surface area contributed by atoms with Gasteiger partial charge in [0.05, 0.1) is 31.2 Å². The molecule has 2 aromatic carbocycles. The Morgan fingerprint density at radius 1 is 1.06 bits per heavy atom. The quantitative estimate of drug-likeness (QED) is 0.106. The van der Waals surface area contributed by atoms with Crippen LogP contribution < -0.4 is 27.3 Å². The van der Waals surface area contributed by atoms with Crippen molar-refractivity contribution in [2.24, 2.45) is 10.2 Å². The Morgan fingerprint density at radius 3 is 2.50 bits per heavy atom. The van der Waals surface area contributed by atoms with Crippen molar-refractivity contribution >= 4 is 45.8 Å². The highest BCUT2D eigenvalue weighted by Gasteiger charge is 2.16. The molecule has 0 spiro atoms. The molecule has 0 aliphatic heterocycles. The molecule has 0 radical (unpaired) electrons. The summed E-state index contributed by atoms with van der Waals surface area (Å²) in [5.74, 6) is 0.852. The number of rotatable bonds is 11. The predicted molar refractivity (Wildman–Crippen MR) is 132 cm³/mol. The van der Waals surface area contributed by atoms with E-state index in [0.717, 1.165) is 5.69 Å². The van der Waals surface area contributed by atoms with Gasteiger partial charge in [-0.2, -0.15) is 0 Å². The highest BCUT2D eigenvalue weighted by molar-refractivity contribution is 5.82. The molecule has 3 aromatic rings. The molecule has 34 heavy (non-hydrogen) atoms.